The predicted octanol–water partition coefficient (Wildman–Crippen LogP) is 2.77. The molecule has 1 N–H and O–H groups in total. The van der Waals surface area contributed by atoms with Gasteiger partial charge in [0.25, 0.3) is 0 Å². The predicted molar refractivity (Wildman–Crippen MR) is 111 cm³/mol. The zero-order valence-corrected chi connectivity index (χ0v) is 17.1. The number of hydrogen-bond donors (Lipinski definition) is 1. The van der Waals surface area contributed by atoms with Crippen molar-refractivity contribution in [2.24, 2.45) is 0 Å². The Morgan fingerprint density at radius 2 is 1.75 bits per heavy atom. The minimum Gasteiger partial charge on any atom is -0.369 e. The second kappa shape index (κ2) is 9.49. The summed E-state index contributed by atoms with van der Waals surface area (Å²) in [5.74, 6) is -0.487. The number of halogens is 1. The highest BCUT2D eigenvalue weighted by Gasteiger charge is 2.17. The molecule has 2 aromatic rings. The molecule has 0 saturated carbocycles. The lowest BCUT2D eigenvalue weighted by Gasteiger charge is -2.36. The van der Waals surface area contributed by atoms with Gasteiger partial charge in [-0.25, -0.2) is 17.5 Å². The highest BCUT2D eigenvalue weighted by Crippen LogP contribution is 2.17. The fraction of sp³-hybridized carbons (Fsp3) is 0.429. The number of anilines is 1. The van der Waals surface area contributed by atoms with Crippen LogP contribution < -0.4 is 9.62 Å². The third-order valence-electron chi connectivity index (χ3n) is 4.98. The molecule has 0 amide bonds. The first-order valence-electron chi connectivity index (χ1n) is 9.67. The van der Waals surface area contributed by atoms with Crippen LogP contribution in [0.5, 0.6) is 0 Å². The van der Waals surface area contributed by atoms with Crippen LogP contribution >= 0.6 is 0 Å². The lowest BCUT2D eigenvalue weighted by Crippen LogP contribution is -2.47. The Balaban J connectivity index is 1.36. The Bertz CT molecular complexity index is 863. The zero-order chi connectivity index (χ0) is 20.0. The maximum Gasteiger partial charge on any atom is 0.215 e. The number of aryl methyl sites for hydroxylation is 1. The van der Waals surface area contributed by atoms with Crippen LogP contribution in [-0.2, 0) is 15.8 Å². The average molecular weight is 406 g/mol. The number of nitrogens with one attached hydrogen (secondary N) is 1. The van der Waals surface area contributed by atoms with Crippen LogP contribution in [0, 0.1) is 12.7 Å². The summed E-state index contributed by atoms with van der Waals surface area (Å²) < 4.78 is 39.8. The summed E-state index contributed by atoms with van der Waals surface area (Å²) in [6.45, 7) is 7.34. The van der Waals surface area contributed by atoms with E-state index in [9.17, 15) is 12.8 Å². The molecule has 1 fully saturated rings. The van der Waals surface area contributed by atoms with Gasteiger partial charge >= 0.3 is 0 Å². The fourth-order valence-electron chi connectivity index (χ4n) is 3.44. The van der Waals surface area contributed by atoms with Crippen LogP contribution in [0.2, 0.25) is 0 Å². The molecule has 0 bridgehead atoms. The number of rotatable bonds is 8. The molecule has 0 unspecified atom stereocenters. The van der Waals surface area contributed by atoms with E-state index in [0.29, 0.717) is 12.1 Å². The van der Waals surface area contributed by atoms with Crippen LogP contribution in [0.15, 0.2) is 48.5 Å². The van der Waals surface area contributed by atoms with Gasteiger partial charge in [0.15, 0.2) is 0 Å². The van der Waals surface area contributed by atoms with Gasteiger partial charge in [0.05, 0.1) is 5.75 Å². The molecule has 0 spiro atoms. The quantitative estimate of drug-likeness (QED) is 0.686. The van der Waals surface area contributed by atoms with Gasteiger partial charge in [-0.1, -0.05) is 24.3 Å². The third-order valence-corrected chi connectivity index (χ3v) is 6.34. The van der Waals surface area contributed by atoms with Crippen molar-refractivity contribution >= 4 is 15.7 Å². The van der Waals surface area contributed by atoms with Crippen molar-refractivity contribution < 1.29 is 12.8 Å². The molecule has 2 aromatic carbocycles. The van der Waals surface area contributed by atoms with Gasteiger partial charge in [-0.3, -0.25) is 4.90 Å². The number of nitrogens with zero attached hydrogens (tertiary/aromatic N) is 2. The van der Waals surface area contributed by atoms with Gasteiger partial charge in [-0.15, -0.1) is 0 Å². The number of benzene rings is 2. The zero-order valence-electron chi connectivity index (χ0n) is 16.3. The highest BCUT2D eigenvalue weighted by molar-refractivity contribution is 7.88. The lowest BCUT2D eigenvalue weighted by molar-refractivity contribution is 0.255. The largest absolute Gasteiger partial charge is 0.369 e. The smallest absolute Gasteiger partial charge is 0.215 e. The monoisotopic (exact) mass is 405 g/mol. The van der Waals surface area contributed by atoms with Crippen LogP contribution in [-0.4, -0.2) is 52.6 Å². The van der Waals surface area contributed by atoms with Crippen molar-refractivity contribution in [1.29, 1.82) is 0 Å². The summed E-state index contributed by atoms with van der Waals surface area (Å²) in [5.41, 5.74) is 3.13. The molecule has 0 radical (unpaired) electrons. The van der Waals surface area contributed by atoms with E-state index in [1.54, 1.807) is 0 Å². The maximum atomic E-state index is 12.9. The summed E-state index contributed by atoms with van der Waals surface area (Å²) in [4.78, 5) is 4.77. The van der Waals surface area contributed by atoms with E-state index in [-0.39, 0.29) is 11.6 Å². The molecule has 0 aliphatic carbocycles. The summed E-state index contributed by atoms with van der Waals surface area (Å²) in [5, 5.41) is 0. The molecule has 152 valence electrons. The number of hydrogen-bond acceptors (Lipinski definition) is 4. The molecule has 1 aliphatic rings. The maximum absolute atomic E-state index is 12.9. The minimum absolute atomic E-state index is 0.123. The van der Waals surface area contributed by atoms with E-state index >= 15 is 0 Å². The standard InChI is InChI=1S/C21H28FN3O2S/c1-18-4-2-5-21(16-18)25-14-12-24(13-15-25)11-3-10-23-28(26,27)17-19-6-8-20(22)9-7-19/h2,4-9,16,23H,3,10-15,17H2,1H3. The molecule has 3 rings (SSSR count). The molecular formula is C21H28FN3O2S. The summed E-state index contributed by atoms with van der Waals surface area (Å²) in [7, 11) is -3.40. The van der Waals surface area contributed by atoms with E-state index in [0.717, 1.165) is 39.1 Å². The van der Waals surface area contributed by atoms with E-state index in [2.05, 4.69) is 45.7 Å². The number of sulfonamides is 1. The minimum atomic E-state index is -3.40. The van der Waals surface area contributed by atoms with E-state index in [4.69, 9.17) is 0 Å². The van der Waals surface area contributed by atoms with Crippen molar-refractivity contribution in [3.63, 3.8) is 0 Å². The van der Waals surface area contributed by atoms with Gasteiger partial charge < -0.3 is 4.90 Å². The first-order chi connectivity index (χ1) is 13.4. The fourth-order valence-corrected chi connectivity index (χ4v) is 4.62. The second-order valence-electron chi connectivity index (χ2n) is 7.30. The molecule has 0 atom stereocenters. The Hall–Kier alpha value is -1.96. The SMILES string of the molecule is Cc1cccc(N2CCN(CCCNS(=O)(=O)Cc3ccc(F)cc3)CC2)c1. The van der Waals surface area contributed by atoms with Crippen LogP contribution in [0.3, 0.4) is 0 Å². The molecule has 28 heavy (non-hydrogen) atoms. The van der Waals surface area contributed by atoms with Crippen molar-refractivity contribution in [3.8, 4) is 0 Å². The molecule has 0 aromatic heterocycles. The lowest BCUT2D eigenvalue weighted by atomic mass is 10.2. The first kappa shape index (κ1) is 20.8. The van der Waals surface area contributed by atoms with Gasteiger partial charge in [0.2, 0.25) is 10.0 Å². The van der Waals surface area contributed by atoms with Crippen LogP contribution in [0.1, 0.15) is 17.5 Å². The molecular weight excluding hydrogens is 377 g/mol. The summed E-state index contributed by atoms with van der Waals surface area (Å²) in [6, 6.07) is 14.1. The van der Waals surface area contributed by atoms with E-state index in [1.807, 2.05) is 0 Å². The van der Waals surface area contributed by atoms with Crippen LogP contribution in [0.4, 0.5) is 10.1 Å². The number of piperazine rings is 1. The molecule has 5 nitrogen and oxygen atoms in total. The van der Waals surface area contributed by atoms with Gasteiger partial charge in [0.1, 0.15) is 5.82 Å². The highest BCUT2D eigenvalue weighted by atomic mass is 32.2. The Morgan fingerprint density at radius 1 is 1.04 bits per heavy atom. The molecule has 1 heterocycles. The normalized spacial score (nSPS) is 15.7. The second-order valence-corrected chi connectivity index (χ2v) is 9.11. The van der Waals surface area contributed by atoms with E-state index < -0.39 is 10.0 Å². The Labute approximate surface area is 167 Å². The molecule has 1 aliphatic heterocycles. The Kier molecular flexibility index (Phi) is 7.04. The van der Waals surface area contributed by atoms with Crippen LogP contribution in [0.25, 0.3) is 0 Å². The van der Waals surface area contributed by atoms with Crippen molar-refractivity contribution in [2.75, 3.05) is 44.2 Å². The topological polar surface area (TPSA) is 52.6 Å². The van der Waals surface area contributed by atoms with Crippen molar-refractivity contribution in [2.45, 2.75) is 19.1 Å². The third kappa shape index (κ3) is 6.29. The van der Waals surface area contributed by atoms with E-state index in [1.165, 1.54) is 35.5 Å². The van der Waals surface area contributed by atoms with Crippen molar-refractivity contribution in [1.82, 2.24) is 9.62 Å². The first-order valence-corrected chi connectivity index (χ1v) is 11.3. The molecule has 7 heteroatoms. The molecule has 1 saturated heterocycles. The average Bonchev–Trinajstić information content (AvgIpc) is 2.67. The van der Waals surface area contributed by atoms with Gasteiger partial charge in [0, 0.05) is 38.4 Å². The van der Waals surface area contributed by atoms with Crippen molar-refractivity contribution in [3.05, 3.63) is 65.5 Å². The summed E-state index contributed by atoms with van der Waals surface area (Å²) in [6.07, 6.45) is 0.771. The van der Waals surface area contributed by atoms with Gasteiger partial charge in [-0.2, -0.15) is 0 Å². The summed E-state index contributed by atoms with van der Waals surface area (Å²) >= 11 is 0. The Morgan fingerprint density at radius 3 is 2.43 bits per heavy atom. The van der Waals surface area contributed by atoms with Gasteiger partial charge in [-0.05, 0) is 55.3 Å².